The number of nitrogens with one attached hydrogen (secondary N) is 2. The molecule has 1 aliphatic rings. The van der Waals surface area contributed by atoms with Gasteiger partial charge in [0.15, 0.2) is 0 Å². The van der Waals surface area contributed by atoms with Gasteiger partial charge in [-0.1, -0.05) is 0 Å². The monoisotopic (exact) mass is 447 g/mol. The highest BCUT2D eigenvalue weighted by molar-refractivity contribution is 5.93. The molecule has 10 heteroatoms. The number of amides is 2. The van der Waals surface area contributed by atoms with E-state index in [9.17, 15) is 9.59 Å². The normalized spacial score (nSPS) is 13.5. The zero-order valence-corrected chi connectivity index (χ0v) is 18.5. The van der Waals surface area contributed by atoms with Gasteiger partial charge in [0.25, 0.3) is 0 Å². The molecule has 1 saturated heterocycles. The van der Waals surface area contributed by atoms with Crippen molar-refractivity contribution in [2.45, 2.75) is 19.8 Å². The first-order valence-electron chi connectivity index (χ1n) is 10.6. The topological polar surface area (TPSA) is 122 Å². The lowest BCUT2D eigenvalue weighted by molar-refractivity contribution is -0.117. The molecule has 170 valence electrons. The van der Waals surface area contributed by atoms with Gasteiger partial charge in [0, 0.05) is 23.0 Å². The molecule has 0 unspecified atom stereocenters. The van der Waals surface area contributed by atoms with E-state index >= 15 is 0 Å². The SMILES string of the molecule is COC(=O)Nc1cc(-c2cnnc(-c3cc(NC(=O)CN4CCCC4)cnc3C)c2)ccn1. The van der Waals surface area contributed by atoms with Crippen molar-refractivity contribution in [3.8, 4) is 22.4 Å². The Kier molecular flexibility index (Phi) is 6.84. The van der Waals surface area contributed by atoms with Crippen LogP contribution in [-0.2, 0) is 9.53 Å². The number of nitrogens with zero attached hydrogens (tertiary/aromatic N) is 5. The maximum atomic E-state index is 12.4. The number of hydrogen-bond acceptors (Lipinski definition) is 8. The number of carbonyl (C=O) groups is 2. The van der Waals surface area contributed by atoms with E-state index in [1.165, 1.54) is 7.11 Å². The van der Waals surface area contributed by atoms with Gasteiger partial charge in [-0.2, -0.15) is 10.2 Å². The van der Waals surface area contributed by atoms with E-state index in [1.807, 2.05) is 25.1 Å². The minimum atomic E-state index is -0.599. The lowest BCUT2D eigenvalue weighted by Crippen LogP contribution is -2.30. The van der Waals surface area contributed by atoms with Gasteiger partial charge in [-0.05, 0) is 62.7 Å². The summed E-state index contributed by atoms with van der Waals surface area (Å²) < 4.78 is 4.61. The molecule has 10 nitrogen and oxygen atoms in total. The number of carbonyl (C=O) groups excluding carboxylic acids is 2. The maximum absolute atomic E-state index is 12.4. The van der Waals surface area contributed by atoms with E-state index in [4.69, 9.17) is 0 Å². The fourth-order valence-corrected chi connectivity index (χ4v) is 3.70. The number of aromatic nitrogens is 4. The fourth-order valence-electron chi connectivity index (χ4n) is 3.70. The van der Waals surface area contributed by atoms with Crippen LogP contribution < -0.4 is 10.6 Å². The number of aryl methyl sites for hydroxylation is 1. The van der Waals surface area contributed by atoms with Gasteiger partial charge in [-0.3, -0.25) is 20.0 Å². The fraction of sp³-hybridized carbons (Fsp3) is 0.304. The van der Waals surface area contributed by atoms with Gasteiger partial charge in [-0.15, -0.1) is 0 Å². The molecule has 4 rings (SSSR count). The summed E-state index contributed by atoms with van der Waals surface area (Å²) in [6.45, 7) is 4.17. The summed E-state index contributed by atoms with van der Waals surface area (Å²) in [5.41, 5.74) is 4.35. The molecule has 0 saturated carbocycles. The van der Waals surface area contributed by atoms with Crippen LogP contribution in [0.5, 0.6) is 0 Å². The van der Waals surface area contributed by atoms with Crippen LogP contribution in [0, 0.1) is 6.92 Å². The van der Waals surface area contributed by atoms with Crippen LogP contribution in [0.2, 0.25) is 0 Å². The van der Waals surface area contributed by atoms with E-state index in [-0.39, 0.29) is 5.91 Å². The molecule has 0 bridgehead atoms. The Bertz CT molecular complexity index is 1160. The average Bonchev–Trinajstić information content (AvgIpc) is 3.33. The number of anilines is 2. The quantitative estimate of drug-likeness (QED) is 0.591. The lowest BCUT2D eigenvalue weighted by Gasteiger charge is -2.14. The zero-order chi connectivity index (χ0) is 23.2. The molecule has 0 aromatic carbocycles. The minimum Gasteiger partial charge on any atom is -0.453 e. The van der Waals surface area contributed by atoms with Crippen molar-refractivity contribution < 1.29 is 14.3 Å². The average molecular weight is 447 g/mol. The molecule has 4 heterocycles. The third-order valence-corrected chi connectivity index (χ3v) is 5.38. The molecule has 2 N–H and O–H groups in total. The zero-order valence-electron chi connectivity index (χ0n) is 18.5. The molecule has 0 aliphatic carbocycles. The van der Waals surface area contributed by atoms with Crippen LogP contribution in [-0.4, -0.2) is 63.8 Å². The van der Waals surface area contributed by atoms with E-state index in [0.717, 1.165) is 48.3 Å². The van der Waals surface area contributed by atoms with Gasteiger partial charge in [0.2, 0.25) is 5.91 Å². The van der Waals surface area contributed by atoms with Crippen LogP contribution in [0.4, 0.5) is 16.3 Å². The Labute approximate surface area is 191 Å². The first-order chi connectivity index (χ1) is 16.0. The standard InChI is InChI=1S/C23H25N7O3/c1-15-19(11-18(13-25-15)27-22(31)14-30-7-3-4-8-30)20-9-17(12-26-29-20)16-5-6-24-21(10-16)28-23(32)33-2/h5-6,9-13H,3-4,7-8,14H2,1-2H3,(H,27,31)(H,24,28,32). The number of likely N-dealkylation sites (tertiary alicyclic amines) is 1. The van der Waals surface area contributed by atoms with Gasteiger partial charge >= 0.3 is 6.09 Å². The molecular weight excluding hydrogens is 422 g/mol. The third-order valence-electron chi connectivity index (χ3n) is 5.38. The largest absolute Gasteiger partial charge is 0.453 e. The molecule has 3 aromatic rings. The van der Waals surface area contributed by atoms with Gasteiger partial charge < -0.3 is 10.1 Å². The Balaban J connectivity index is 1.55. The molecule has 2 amide bonds. The predicted molar refractivity (Wildman–Crippen MR) is 124 cm³/mol. The van der Waals surface area contributed by atoms with Crippen molar-refractivity contribution >= 4 is 23.5 Å². The van der Waals surface area contributed by atoms with Crippen molar-refractivity contribution in [2.24, 2.45) is 0 Å². The molecule has 1 aliphatic heterocycles. The van der Waals surface area contributed by atoms with E-state index in [1.54, 1.807) is 24.7 Å². The van der Waals surface area contributed by atoms with Crippen molar-refractivity contribution in [2.75, 3.05) is 37.4 Å². The van der Waals surface area contributed by atoms with E-state index in [0.29, 0.717) is 23.7 Å². The summed E-state index contributed by atoms with van der Waals surface area (Å²) in [4.78, 5) is 34.6. The molecule has 0 radical (unpaired) electrons. The van der Waals surface area contributed by atoms with Crippen LogP contribution in [0.15, 0.2) is 42.9 Å². The smallest absolute Gasteiger partial charge is 0.412 e. The van der Waals surface area contributed by atoms with Crippen molar-refractivity contribution in [1.82, 2.24) is 25.1 Å². The number of methoxy groups -OCH3 is 1. The summed E-state index contributed by atoms with van der Waals surface area (Å²) >= 11 is 0. The summed E-state index contributed by atoms with van der Waals surface area (Å²) in [5, 5.41) is 13.9. The Morgan fingerprint density at radius 2 is 1.88 bits per heavy atom. The van der Waals surface area contributed by atoms with E-state index < -0.39 is 6.09 Å². The minimum absolute atomic E-state index is 0.0595. The van der Waals surface area contributed by atoms with Crippen LogP contribution in [0.3, 0.4) is 0 Å². The third kappa shape index (κ3) is 5.66. The number of rotatable bonds is 6. The molecule has 0 spiro atoms. The van der Waals surface area contributed by atoms with Crippen molar-refractivity contribution in [3.05, 3.63) is 48.5 Å². The molecule has 33 heavy (non-hydrogen) atoms. The second-order valence-corrected chi connectivity index (χ2v) is 7.76. The summed E-state index contributed by atoms with van der Waals surface area (Å²) in [7, 11) is 1.29. The second kappa shape index (κ2) is 10.1. The first kappa shape index (κ1) is 22.3. The first-order valence-corrected chi connectivity index (χ1v) is 10.6. The summed E-state index contributed by atoms with van der Waals surface area (Å²) in [6, 6.07) is 7.26. The Morgan fingerprint density at radius 1 is 1.06 bits per heavy atom. The predicted octanol–water partition coefficient (Wildman–Crippen LogP) is 3.12. The van der Waals surface area contributed by atoms with Crippen molar-refractivity contribution in [1.29, 1.82) is 0 Å². The van der Waals surface area contributed by atoms with Crippen LogP contribution >= 0.6 is 0 Å². The summed E-state index contributed by atoms with van der Waals surface area (Å²) in [6.07, 6.45) is 6.53. The highest BCUT2D eigenvalue weighted by Crippen LogP contribution is 2.27. The molecule has 3 aromatic heterocycles. The number of ether oxygens (including phenoxy) is 1. The van der Waals surface area contributed by atoms with E-state index in [2.05, 4.69) is 40.4 Å². The van der Waals surface area contributed by atoms with Gasteiger partial charge in [-0.25, -0.2) is 9.78 Å². The Morgan fingerprint density at radius 3 is 2.67 bits per heavy atom. The summed E-state index contributed by atoms with van der Waals surface area (Å²) in [5.74, 6) is 0.300. The van der Waals surface area contributed by atoms with Crippen LogP contribution in [0.25, 0.3) is 22.4 Å². The lowest BCUT2D eigenvalue weighted by atomic mass is 10.0. The van der Waals surface area contributed by atoms with Gasteiger partial charge in [0.1, 0.15) is 5.82 Å². The number of hydrogen-bond donors (Lipinski definition) is 2. The molecular formula is C23H25N7O3. The highest BCUT2D eigenvalue weighted by atomic mass is 16.5. The molecule has 0 atom stereocenters. The van der Waals surface area contributed by atoms with Crippen molar-refractivity contribution in [3.63, 3.8) is 0 Å². The van der Waals surface area contributed by atoms with Crippen LogP contribution in [0.1, 0.15) is 18.5 Å². The second-order valence-electron chi connectivity index (χ2n) is 7.76. The molecule has 1 fully saturated rings. The maximum Gasteiger partial charge on any atom is 0.412 e. The Hall–Kier alpha value is -3.92. The number of pyridine rings is 2. The highest BCUT2D eigenvalue weighted by Gasteiger charge is 2.16. The van der Waals surface area contributed by atoms with Gasteiger partial charge in [0.05, 0.1) is 37.4 Å².